The number of pyridine rings is 1. The van der Waals surface area contributed by atoms with Crippen molar-refractivity contribution in [3.63, 3.8) is 0 Å². The Bertz CT molecular complexity index is 708. The molecule has 0 radical (unpaired) electrons. The van der Waals surface area contributed by atoms with Gasteiger partial charge in [0.05, 0.1) is 0 Å². The first-order valence-electron chi connectivity index (χ1n) is 8.60. The van der Waals surface area contributed by atoms with E-state index in [1.54, 1.807) is 0 Å². The van der Waals surface area contributed by atoms with Gasteiger partial charge >= 0.3 is 6.03 Å². The molecule has 25 heavy (non-hydrogen) atoms. The standard InChI is InChI=1S/C19H25N5O/c1-15-4-3-5-17(12-15)22-19(25)21-14-16-6-7-18(20-13-16)24-10-8-23(2)9-11-24/h3-7,12-13H,8-11,14H2,1-2H3,(H2,21,22,25). The summed E-state index contributed by atoms with van der Waals surface area (Å²) >= 11 is 0. The molecule has 6 heteroatoms. The van der Waals surface area contributed by atoms with Gasteiger partial charge in [-0.25, -0.2) is 9.78 Å². The lowest BCUT2D eigenvalue weighted by atomic mass is 10.2. The zero-order valence-corrected chi connectivity index (χ0v) is 14.8. The Hall–Kier alpha value is -2.60. The SMILES string of the molecule is Cc1cccc(NC(=O)NCc2ccc(N3CCN(C)CC3)nc2)c1. The molecule has 2 amide bonds. The Labute approximate surface area is 148 Å². The molecule has 6 nitrogen and oxygen atoms in total. The first-order valence-corrected chi connectivity index (χ1v) is 8.60. The van der Waals surface area contributed by atoms with Crippen molar-refractivity contribution in [1.29, 1.82) is 0 Å². The van der Waals surface area contributed by atoms with E-state index in [2.05, 4.69) is 32.5 Å². The predicted molar refractivity (Wildman–Crippen MR) is 101 cm³/mol. The molecule has 1 saturated heterocycles. The normalized spacial score (nSPS) is 15.0. The molecule has 1 aromatic heterocycles. The van der Waals surface area contributed by atoms with Crippen LogP contribution in [0.5, 0.6) is 0 Å². The van der Waals surface area contributed by atoms with E-state index in [1.165, 1.54) is 0 Å². The first-order chi connectivity index (χ1) is 12.1. The minimum Gasteiger partial charge on any atom is -0.354 e. The van der Waals surface area contributed by atoms with Gasteiger partial charge in [0.2, 0.25) is 0 Å². The molecule has 3 rings (SSSR count). The largest absolute Gasteiger partial charge is 0.354 e. The van der Waals surface area contributed by atoms with Gasteiger partial charge < -0.3 is 20.4 Å². The minimum absolute atomic E-state index is 0.214. The lowest BCUT2D eigenvalue weighted by Gasteiger charge is -2.33. The second-order valence-electron chi connectivity index (χ2n) is 6.49. The lowest BCUT2D eigenvalue weighted by Crippen LogP contribution is -2.44. The zero-order valence-electron chi connectivity index (χ0n) is 14.8. The average molecular weight is 339 g/mol. The molecule has 0 bridgehead atoms. The molecule has 0 spiro atoms. The van der Waals surface area contributed by atoms with Crippen LogP contribution in [0.15, 0.2) is 42.6 Å². The molecule has 0 unspecified atom stereocenters. The number of aromatic nitrogens is 1. The maximum absolute atomic E-state index is 12.0. The fourth-order valence-electron chi connectivity index (χ4n) is 2.82. The van der Waals surface area contributed by atoms with Gasteiger partial charge in [0.15, 0.2) is 0 Å². The average Bonchev–Trinajstić information content (AvgIpc) is 2.61. The number of amides is 2. The van der Waals surface area contributed by atoms with Crippen LogP contribution in [0, 0.1) is 6.92 Å². The number of rotatable bonds is 4. The number of anilines is 2. The third-order valence-electron chi connectivity index (χ3n) is 4.37. The Morgan fingerprint density at radius 1 is 1.16 bits per heavy atom. The third-order valence-corrected chi connectivity index (χ3v) is 4.37. The maximum Gasteiger partial charge on any atom is 0.319 e. The summed E-state index contributed by atoms with van der Waals surface area (Å²) < 4.78 is 0. The van der Waals surface area contributed by atoms with Crippen molar-refractivity contribution in [2.45, 2.75) is 13.5 Å². The molecular weight excluding hydrogens is 314 g/mol. The molecule has 1 aliphatic rings. The van der Waals surface area contributed by atoms with Gasteiger partial charge in [-0.1, -0.05) is 18.2 Å². The summed E-state index contributed by atoms with van der Waals surface area (Å²) in [6.45, 7) is 6.57. The van der Waals surface area contributed by atoms with Crippen LogP contribution >= 0.6 is 0 Å². The van der Waals surface area contributed by atoms with Gasteiger partial charge in [-0.3, -0.25) is 0 Å². The van der Waals surface area contributed by atoms with Gasteiger partial charge in [-0.2, -0.15) is 0 Å². The van der Waals surface area contributed by atoms with E-state index < -0.39 is 0 Å². The first kappa shape index (κ1) is 17.2. The van der Waals surface area contributed by atoms with Crippen LogP contribution in [0.4, 0.5) is 16.3 Å². The number of urea groups is 1. The zero-order chi connectivity index (χ0) is 17.6. The molecule has 2 aromatic rings. The second kappa shape index (κ2) is 7.98. The Morgan fingerprint density at radius 2 is 1.96 bits per heavy atom. The summed E-state index contributed by atoms with van der Waals surface area (Å²) in [7, 11) is 2.14. The molecule has 0 saturated carbocycles. The van der Waals surface area contributed by atoms with Gasteiger partial charge in [0.1, 0.15) is 5.82 Å². The van der Waals surface area contributed by atoms with Crippen molar-refractivity contribution >= 4 is 17.5 Å². The summed E-state index contributed by atoms with van der Waals surface area (Å²) in [5, 5.41) is 5.70. The van der Waals surface area contributed by atoms with Crippen molar-refractivity contribution in [3.8, 4) is 0 Å². The summed E-state index contributed by atoms with van der Waals surface area (Å²) in [5.74, 6) is 1.00. The highest BCUT2D eigenvalue weighted by Gasteiger charge is 2.14. The number of carbonyl (C=O) groups excluding carboxylic acids is 1. The fourth-order valence-corrected chi connectivity index (χ4v) is 2.82. The number of benzene rings is 1. The quantitative estimate of drug-likeness (QED) is 0.898. The second-order valence-corrected chi connectivity index (χ2v) is 6.49. The molecular formula is C19H25N5O. The molecule has 132 valence electrons. The number of aryl methyl sites for hydroxylation is 1. The highest BCUT2D eigenvalue weighted by molar-refractivity contribution is 5.89. The van der Waals surface area contributed by atoms with Crippen LogP contribution in [0.3, 0.4) is 0 Å². The van der Waals surface area contributed by atoms with Crippen LogP contribution in [0.25, 0.3) is 0 Å². The van der Waals surface area contributed by atoms with Crippen LogP contribution < -0.4 is 15.5 Å². The molecule has 0 aliphatic carbocycles. The Balaban J connectivity index is 1.49. The highest BCUT2D eigenvalue weighted by Crippen LogP contribution is 2.14. The molecule has 1 aromatic carbocycles. The highest BCUT2D eigenvalue weighted by atomic mass is 16.2. The molecule has 2 N–H and O–H groups in total. The van der Waals surface area contributed by atoms with Crippen LogP contribution in [-0.2, 0) is 6.54 Å². The number of hydrogen-bond donors (Lipinski definition) is 2. The van der Waals surface area contributed by atoms with Crippen molar-refractivity contribution in [2.75, 3.05) is 43.4 Å². The van der Waals surface area contributed by atoms with Gasteiger partial charge in [-0.15, -0.1) is 0 Å². The van der Waals surface area contributed by atoms with Gasteiger partial charge in [-0.05, 0) is 43.3 Å². The summed E-state index contributed by atoms with van der Waals surface area (Å²) in [6, 6.07) is 11.6. The van der Waals surface area contributed by atoms with Gasteiger partial charge in [0.25, 0.3) is 0 Å². The molecule has 0 atom stereocenters. The van der Waals surface area contributed by atoms with Crippen molar-refractivity contribution in [3.05, 3.63) is 53.7 Å². The molecule has 2 heterocycles. The Kier molecular flexibility index (Phi) is 5.50. The van der Waals surface area contributed by atoms with Crippen LogP contribution in [0.1, 0.15) is 11.1 Å². The number of likely N-dealkylation sites (N-methyl/N-ethyl adjacent to an activating group) is 1. The molecule has 1 fully saturated rings. The third kappa shape index (κ3) is 4.93. The van der Waals surface area contributed by atoms with E-state index in [0.717, 1.165) is 48.8 Å². The minimum atomic E-state index is -0.214. The summed E-state index contributed by atoms with van der Waals surface area (Å²) in [6.07, 6.45) is 1.83. The fraction of sp³-hybridized carbons (Fsp3) is 0.368. The van der Waals surface area contributed by atoms with E-state index in [-0.39, 0.29) is 6.03 Å². The summed E-state index contributed by atoms with van der Waals surface area (Å²) in [5.41, 5.74) is 2.89. The van der Waals surface area contributed by atoms with Crippen molar-refractivity contribution < 1.29 is 4.79 Å². The van der Waals surface area contributed by atoms with Crippen LogP contribution in [0.2, 0.25) is 0 Å². The number of carbonyl (C=O) groups is 1. The number of nitrogens with one attached hydrogen (secondary N) is 2. The van der Waals surface area contributed by atoms with Crippen LogP contribution in [-0.4, -0.2) is 49.1 Å². The Morgan fingerprint density at radius 3 is 2.64 bits per heavy atom. The monoisotopic (exact) mass is 339 g/mol. The summed E-state index contributed by atoms with van der Waals surface area (Å²) in [4.78, 5) is 21.1. The maximum atomic E-state index is 12.0. The smallest absolute Gasteiger partial charge is 0.319 e. The number of nitrogens with zero attached hydrogens (tertiary/aromatic N) is 3. The molecule has 1 aliphatic heterocycles. The van der Waals surface area contributed by atoms with E-state index in [4.69, 9.17) is 0 Å². The predicted octanol–water partition coefficient (Wildman–Crippen LogP) is 2.46. The topological polar surface area (TPSA) is 60.5 Å². The number of hydrogen-bond acceptors (Lipinski definition) is 4. The van der Waals surface area contributed by atoms with Crippen molar-refractivity contribution in [2.24, 2.45) is 0 Å². The number of piperazine rings is 1. The van der Waals surface area contributed by atoms with Crippen molar-refractivity contribution in [1.82, 2.24) is 15.2 Å². The van der Waals surface area contributed by atoms with Gasteiger partial charge in [0, 0.05) is 44.6 Å². The van der Waals surface area contributed by atoms with E-state index in [1.807, 2.05) is 49.5 Å². The van der Waals surface area contributed by atoms with E-state index in [0.29, 0.717) is 6.54 Å². The lowest BCUT2D eigenvalue weighted by molar-refractivity contribution is 0.251. The van der Waals surface area contributed by atoms with E-state index >= 15 is 0 Å². The van der Waals surface area contributed by atoms with E-state index in [9.17, 15) is 4.79 Å².